The number of benzene rings is 2. The second-order valence-corrected chi connectivity index (χ2v) is 8.46. The molecule has 0 bridgehead atoms. The Bertz CT molecular complexity index is 1270. The summed E-state index contributed by atoms with van der Waals surface area (Å²) in [5.74, 6) is -0.235. The molecule has 0 spiro atoms. The number of imidazole rings is 1. The lowest BCUT2D eigenvalue weighted by molar-refractivity contribution is -0.140. The summed E-state index contributed by atoms with van der Waals surface area (Å²) in [6.45, 7) is 0. The van der Waals surface area contributed by atoms with E-state index in [0.29, 0.717) is 12.8 Å². The van der Waals surface area contributed by atoms with Crippen molar-refractivity contribution in [3.05, 3.63) is 78.1 Å². The lowest BCUT2D eigenvalue weighted by atomic mass is 9.72. The van der Waals surface area contributed by atoms with Crippen LogP contribution < -0.4 is 5.73 Å². The molecular weight excluding hydrogens is 400 g/mol. The minimum atomic E-state index is -0.235. The highest BCUT2D eigenvalue weighted by Crippen LogP contribution is 2.40. The van der Waals surface area contributed by atoms with Crippen LogP contribution >= 0.6 is 0 Å². The highest BCUT2D eigenvalue weighted by molar-refractivity contribution is 5.82. The molecule has 2 aromatic heterocycles. The molecule has 0 atom stereocenters. The van der Waals surface area contributed by atoms with E-state index in [-0.39, 0.29) is 11.5 Å². The van der Waals surface area contributed by atoms with E-state index in [2.05, 4.69) is 41.5 Å². The van der Waals surface area contributed by atoms with Crippen molar-refractivity contribution in [1.29, 1.82) is 0 Å². The Morgan fingerprint density at radius 2 is 1.84 bits per heavy atom. The molecule has 4 aromatic rings. The summed E-state index contributed by atoms with van der Waals surface area (Å²) < 4.78 is 6.55. The number of aryl methyl sites for hydroxylation is 1. The van der Waals surface area contributed by atoms with Crippen molar-refractivity contribution in [1.82, 2.24) is 14.6 Å². The van der Waals surface area contributed by atoms with Gasteiger partial charge in [-0.05, 0) is 54.0 Å². The second kappa shape index (κ2) is 8.20. The molecule has 1 aliphatic carbocycles. The predicted octanol–water partition coefficient (Wildman–Crippen LogP) is 4.51. The molecule has 0 unspecified atom stereocenters. The summed E-state index contributed by atoms with van der Waals surface area (Å²) in [7, 11) is 1.40. The van der Waals surface area contributed by atoms with E-state index in [1.54, 1.807) is 10.7 Å². The van der Waals surface area contributed by atoms with Crippen molar-refractivity contribution < 1.29 is 9.53 Å². The first kappa shape index (κ1) is 20.4. The van der Waals surface area contributed by atoms with Crippen LogP contribution in [0, 0.1) is 0 Å². The number of carbonyl (C=O) groups excluding carboxylic acids is 1. The molecule has 2 N–H and O–H groups in total. The summed E-state index contributed by atoms with van der Waals surface area (Å²) in [4.78, 5) is 16.5. The minimum Gasteiger partial charge on any atom is -0.469 e. The molecule has 6 heteroatoms. The van der Waals surface area contributed by atoms with E-state index in [1.807, 2.05) is 24.4 Å². The monoisotopic (exact) mass is 426 g/mol. The third kappa shape index (κ3) is 3.67. The van der Waals surface area contributed by atoms with Gasteiger partial charge in [0, 0.05) is 23.7 Å². The van der Waals surface area contributed by atoms with Crippen molar-refractivity contribution >= 4 is 11.6 Å². The third-order valence-corrected chi connectivity index (χ3v) is 6.49. The maximum Gasteiger partial charge on any atom is 0.305 e. The number of esters is 1. The first-order valence-corrected chi connectivity index (χ1v) is 11.0. The maximum absolute atomic E-state index is 11.6. The summed E-state index contributed by atoms with van der Waals surface area (Å²) in [5, 5.41) is 4.42. The Balaban J connectivity index is 1.50. The van der Waals surface area contributed by atoms with Gasteiger partial charge in [-0.3, -0.25) is 4.79 Å². The molecule has 2 heterocycles. The second-order valence-electron chi connectivity index (χ2n) is 8.46. The minimum absolute atomic E-state index is 0.161. The SMILES string of the molecule is COC(=O)CCc1ccnn2cc(-c3ccccc3-c3ccc(C4(N)CCC4)cc3)nc12. The molecule has 32 heavy (non-hydrogen) atoms. The maximum atomic E-state index is 11.6. The number of carbonyl (C=O) groups is 1. The van der Waals surface area contributed by atoms with Crippen LogP contribution in [0.3, 0.4) is 0 Å². The first-order chi connectivity index (χ1) is 15.6. The lowest BCUT2D eigenvalue weighted by Gasteiger charge is -2.38. The fourth-order valence-corrected chi connectivity index (χ4v) is 4.40. The summed E-state index contributed by atoms with van der Waals surface area (Å²) in [6, 6.07) is 18.8. The van der Waals surface area contributed by atoms with Crippen LogP contribution in [0.15, 0.2) is 67.0 Å². The van der Waals surface area contributed by atoms with Gasteiger partial charge in [0.1, 0.15) is 0 Å². The zero-order valence-corrected chi connectivity index (χ0v) is 18.1. The number of hydrogen-bond donors (Lipinski definition) is 1. The number of nitrogens with two attached hydrogens (primary N) is 1. The largest absolute Gasteiger partial charge is 0.469 e. The van der Waals surface area contributed by atoms with Gasteiger partial charge in [0.2, 0.25) is 0 Å². The molecule has 0 radical (unpaired) electrons. The molecule has 162 valence electrons. The number of hydrogen-bond acceptors (Lipinski definition) is 5. The topological polar surface area (TPSA) is 82.5 Å². The number of nitrogens with zero attached hydrogens (tertiary/aromatic N) is 3. The van der Waals surface area contributed by atoms with E-state index in [0.717, 1.165) is 46.4 Å². The van der Waals surface area contributed by atoms with Crippen LogP contribution in [-0.4, -0.2) is 27.7 Å². The highest BCUT2D eigenvalue weighted by Gasteiger charge is 2.34. The van der Waals surface area contributed by atoms with Crippen molar-refractivity contribution in [2.75, 3.05) is 7.11 Å². The van der Waals surface area contributed by atoms with Gasteiger partial charge in [-0.1, -0.05) is 48.5 Å². The molecule has 0 saturated heterocycles. The van der Waals surface area contributed by atoms with Crippen molar-refractivity contribution in [2.24, 2.45) is 5.73 Å². The van der Waals surface area contributed by atoms with Gasteiger partial charge >= 0.3 is 5.97 Å². The summed E-state index contributed by atoms with van der Waals surface area (Å²) in [6.07, 6.45) is 7.84. The zero-order chi connectivity index (χ0) is 22.1. The zero-order valence-electron chi connectivity index (χ0n) is 18.1. The predicted molar refractivity (Wildman–Crippen MR) is 124 cm³/mol. The Labute approximate surface area is 187 Å². The number of rotatable bonds is 6. The van der Waals surface area contributed by atoms with Crippen molar-refractivity contribution in [3.8, 4) is 22.4 Å². The van der Waals surface area contributed by atoms with E-state index >= 15 is 0 Å². The Kier molecular flexibility index (Phi) is 5.23. The smallest absolute Gasteiger partial charge is 0.305 e. The van der Waals surface area contributed by atoms with Gasteiger partial charge in [-0.15, -0.1) is 0 Å². The Morgan fingerprint density at radius 3 is 2.53 bits per heavy atom. The van der Waals surface area contributed by atoms with Crippen LogP contribution in [0.5, 0.6) is 0 Å². The molecular formula is C26H26N4O2. The molecule has 5 rings (SSSR count). The van der Waals surface area contributed by atoms with Gasteiger partial charge in [-0.2, -0.15) is 5.10 Å². The fraction of sp³-hybridized carbons (Fsp3) is 0.269. The average Bonchev–Trinajstić information content (AvgIpc) is 3.26. The number of ether oxygens (including phenoxy) is 1. The number of aromatic nitrogens is 3. The van der Waals surface area contributed by atoms with Crippen LogP contribution in [0.4, 0.5) is 0 Å². The summed E-state index contributed by atoms with van der Waals surface area (Å²) in [5.41, 5.74) is 13.4. The Morgan fingerprint density at radius 1 is 1.09 bits per heavy atom. The van der Waals surface area contributed by atoms with E-state index in [1.165, 1.54) is 19.1 Å². The molecule has 1 fully saturated rings. The van der Waals surface area contributed by atoms with Crippen molar-refractivity contribution in [3.63, 3.8) is 0 Å². The van der Waals surface area contributed by atoms with Gasteiger partial charge in [0.05, 0.1) is 19.0 Å². The highest BCUT2D eigenvalue weighted by atomic mass is 16.5. The van der Waals surface area contributed by atoms with Crippen LogP contribution in [-0.2, 0) is 21.5 Å². The lowest BCUT2D eigenvalue weighted by Crippen LogP contribution is -2.43. The number of fused-ring (bicyclic) bond motifs is 1. The average molecular weight is 427 g/mol. The molecule has 0 aliphatic heterocycles. The number of methoxy groups -OCH3 is 1. The fourth-order valence-electron chi connectivity index (χ4n) is 4.40. The first-order valence-electron chi connectivity index (χ1n) is 11.0. The van der Waals surface area contributed by atoms with Gasteiger partial charge in [0.15, 0.2) is 5.65 Å². The van der Waals surface area contributed by atoms with E-state index in [4.69, 9.17) is 15.5 Å². The normalized spacial score (nSPS) is 14.8. The van der Waals surface area contributed by atoms with E-state index in [9.17, 15) is 4.79 Å². The third-order valence-electron chi connectivity index (χ3n) is 6.49. The van der Waals surface area contributed by atoms with Gasteiger partial charge in [0.25, 0.3) is 0 Å². The van der Waals surface area contributed by atoms with Crippen LogP contribution in [0.25, 0.3) is 28.0 Å². The standard InChI is InChI=1S/C26H26N4O2/c1-32-24(31)12-9-19-13-16-28-30-17-23(29-25(19)30)22-6-3-2-5-21(22)18-7-10-20(11-8-18)26(27)14-4-15-26/h2-3,5-8,10-11,13,16-17H,4,9,12,14-15,27H2,1H3. The quantitative estimate of drug-likeness (QED) is 0.459. The molecule has 2 aromatic carbocycles. The van der Waals surface area contributed by atoms with Gasteiger partial charge < -0.3 is 10.5 Å². The molecule has 1 saturated carbocycles. The van der Waals surface area contributed by atoms with Crippen LogP contribution in [0.2, 0.25) is 0 Å². The molecule has 6 nitrogen and oxygen atoms in total. The molecule has 0 amide bonds. The Hall–Kier alpha value is -3.51. The van der Waals surface area contributed by atoms with Gasteiger partial charge in [-0.25, -0.2) is 9.50 Å². The van der Waals surface area contributed by atoms with Crippen LogP contribution in [0.1, 0.15) is 36.8 Å². The van der Waals surface area contributed by atoms with E-state index < -0.39 is 0 Å². The summed E-state index contributed by atoms with van der Waals surface area (Å²) >= 11 is 0. The molecule has 1 aliphatic rings. The van der Waals surface area contributed by atoms with Crippen molar-refractivity contribution in [2.45, 2.75) is 37.6 Å².